The van der Waals surface area contributed by atoms with E-state index in [9.17, 15) is 13.2 Å². The molecule has 1 heterocycles. The summed E-state index contributed by atoms with van der Waals surface area (Å²) >= 11 is 0. The fraction of sp³-hybridized carbons (Fsp3) is 0.636. The molecule has 84 valence electrons. The molecule has 0 radical (unpaired) electrons. The zero-order valence-electron chi connectivity index (χ0n) is 8.35. The van der Waals surface area contributed by atoms with Crippen LogP contribution in [0.2, 0.25) is 0 Å². The van der Waals surface area contributed by atoms with Crippen LogP contribution < -0.4 is 5.32 Å². The van der Waals surface area contributed by atoms with Gasteiger partial charge in [0.25, 0.3) is 0 Å². The van der Waals surface area contributed by atoms with Crippen molar-refractivity contribution in [3.05, 3.63) is 23.8 Å². The number of hydrogen-bond acceptors (Lipinski definition) is 1. The lowest BCUT2D eigenvalue weighted by Crippen LogP contribution is -2.19. The molecular weight excluding hydrogens is 203 g/mol. The predicted molar refractivity (Wildman–Crippen MR) is 52.4 cm³/mol. The van der Waals surface area contributed by atoms with Crippen LogP contribution >= 0.6 is 0 Å². The molecule has 1 nitrogen and oxygen atoms in total. The maximum Gasteiger partial charge on any atom is 0.416 e. The summed E-state index contributed by atoms with van der Waals surface area (Å²) < 4.78 is 36.9. The van der Waals surface area contributed by atoms with Gasteiger partial charge >= 0.3 is 6.18 Å². The first-order valence-electron chi connectivity index (χ1n) is 5.23. The summed E-state index contributed by atoms with van der Waals surface area (Å²) in [4.78, 5) is 0. The second-order valence-electron chi connectivity index (χ2n) is 4.17. The van der Waals surface area contributed by atoms with E-state index in [4.69, 9.17) is 0 Å². The SMILES string of the molecule is FC(F)(F)C1=CCC(C2CCNC2)C=C1. The predicted octanol–water partition coefficient (Wildman–Crippen LogP) is 2.66. The van der Waals surface area contributed by atoms with Crippen LogP contribution in [0.15, 0.2) is 23.8 Å². The van der Waals surface area contributed by atoms with Gasteiger partial charge in [-0.05, 0) is 37.8 Å². The second-order valence-corrected chi connectivity index (χ2v) is 4.17. The molecule has 4 heteroatoms. The van der Waals surface area contributed by atoms with E-state index in [0.29, 0.717) is 12.3 Å². The maximum atomic E-state index is 12.3. The largest absolute Gasteiger partial charge is 0.416 e. The molecule has 0 aromatic heterocycles. The van der Waals surface area contributed by atoms with Crippen molar-refractivity contribution < 1.29 is 13.2 Å². The van der Waals surface area contributed by atoms with Gasteiger partial charge < -0.3 is 5.32 Å². The molecule has 1 fully saturated rings. The lowest BCUT2D eigenvalue weighted by molar-refractivity contribution is -0.0887. The van der Waals surface area contributed by atoms with Crippen molar-refractivity contribution in [3.8, 4) is 0 Å². The summed E-state index contributed by atoms with van der Waals surface area (Å²) in [6, 6.07) is 0. The van der Waals surface area contributed by atoms with Crippen molar-refractivity contribution in [2.24, 2.45) is 11.8 Å². The molecule has 15 heavy (non-hydrogen) atoms. The molecule has 1 saturated heterocycles. The molecule has 1 aliphatic carbocycles. The highest BCUT2D eigenvalue weighted by atomic mass is 19.4. The van der Waals surface area contributed by atoms with Crippen molar-refractivity contribution in [2.45, 2.75) is 19.0 Å². The average molecular weight is 217 g/mol. The van der Waals surface area contributed by atoms with Crippen LogP contribution in [0.1, 0.15) is 12.8 Å². The first-order valence-corrected chi connectivity index (χ1v) is 5.23. The topological polar surface area (TPSA) is 12.0 Å². The van der Waals surface area contributed by atoms with E-state index in [2.05, 4.69) is 5.32 Å². The van der Waals surface area contributed by atoms with E-state index in [1.54, 1.807) is 6.08 Å². The Hall–Kier alpha value is -0.770. The lowest BCUT2D eigenvalue weighted by Gasteiger charge is -2.22. The van der Waals surface area contributed by atoms with E-state index in [-0.39, 0.29) is 5.92 Å². The minimum atomic E-state index is -4.19. The van der Waals surface area contributed by atoms with E-state index in [1.807, 2.05) is 0 Å². The molecular formula is C11H14F3N. The monoisotopic (exact) mass is 217 g/mol. The van der Waals surface area contributed by atoms with E-state index < -0.39 is 11.7 Å². The van der Waals surface area contributed by atoms with Crippen LogP contribution in [0.5, 0.6) is 0 Å². The molecule has 2 unspecified atom stereocenters. The molecule has 0 aromatic rings. The van der Waals surface area contributed by atoms with Crippen LogP contribution in [0.3, 0.4) is 0 Å². The van der Waals surface area contributed by atoms with Crippen molar-refractivity contribution in [1.82, 2.24) is 5.32 Å². The van der Waals surface area contributed by atoms with Gasteiger partial charge in [-0.2, -0.15) is 13.2 Å². The summed E-state index contributed by atoms with van der Waals surface area (Å²) in [5.41, 5.74) is -0.496. The molecule has 2 aliphatic rings. The minimum Gasteiger partial charge on any atom is -0.316 e. The van der Waals surface area contributed by atoms with E-state index >= 15 is 0 Å². The minimum absolute atomic E-state index is 0.283. The Balaban J connectivity index is 1.97. The van der Waals surface area contributed by atoms with Crippen LogP contribution in [0.25, 0.3) is 0 Å². The summed E-state index contributed by atoms with van der Waals surface area (Å²) in [6.45, 7) is 1.93. The smallest absolute Gasteiger partial charge is 0.316 e. The standard InChI is InChI=1S/C11H14F3N/c12-11(13,14)10-3-1-8(2-4-10)9-5-6-15-7-9/h1,3-4,8-9,15H,2,5-7H2. The van der Waals surface area contributed by atoms with Crippen LogP contribution in [0, 0.1) is 11.8 Å². The Morgan fingerprint density at radius 3 is 2.60 bits per heavy atom. The molecule has 1 N–H and O–H groups in total. The van der Waals surface area contributed by atoms with E-state index in [0.717, 1.165) is 19.5 Å². The van der Waals surface area contributed by atoms with Crippen molar-refractivity contribution in [3.63, 3.8) is 0 Å². The fourth-order valence-electron chi connectivity index (χ4n) is 2.24. The Bertz CT molecular complexity index is 285. The third-order valence-electron chi connectivity index (χ3n) is 3.16. The summed E-state index contributed by atoms with van der Waals surface area (Å²) in [5, 5.41) is 3.23. The van der Waals surface area contributed by atoms with Gasteiger partial charge in [0.15, 0.2) is 0 Å². The highest BCUT2D eigenvalue weighted by molar-refractivity contribution is 5.28. The number of rotatable bonds is 1. The van der Waals surface area contributed by atoms with Crippen molar-refractivity contribution in [1.29, 1.82) is 0 Å². The molecule has 2 rings (SSSR count). The first-order chi connectivity index (χ1) is 7.07. The summed E-state index contributed by atoms with van der Waals surface area (Å²) in [6.07, 6.45) is 1.69. The fourth-order valence-corrected chi connectivity index (χ4v) is 2.24. The van der Waals surface area contributed by atoms with Gasteiger partial charge in [-0.3, -0.25) is 0 Å². The Morgan fingerprint density at radius 1 is 1.33 bits per heavy atom. The Morgan fingerprint density at radius 2 is 2.13 bits per heavy atom. The second kappa shape index (κ2) is 4.00. The third kappa shape index (κ3) is 2.43. The molecule has 0 bridgehead atoms. The highest BCUT2D eigenvalue weighted by Gasteiger charge is 2.34. The third-order valence-corrected chi connectivity index (χ3v) is 3.16. The van der Waals surface area contributed by atoms with Crippen LogP contribution in [0.4, 0.5) is 13.2 Å². The summed E-state index contributed by atoms with van der Waals surface area (Å²) in [5.74, 6) is 0.790. The van der Waals surface area contributed by atoms with Crippen LogP contribution in [-0.4, -0.2) is 19.3 Å². The molecule has 1 aliphatic heterocycles. The van der Waals surface area contributed by atoms with E-state index in [1.165, 1.54) is 12.2 Å². The summed E-state index contributed by atoms with van der Waals surface area (Å²) in [7, 11) is 0. The van der Waals surface area contributed by atoms with Gasteiger partial charge in [-0.15, -0.1) is 0 Å². The van der Waals surface area contributed by atoms with Gasteiger partial charge in [-0.25, -0.2) is 0 Å². The van der Waals surface area contributed by atoms with Gasteiger partial charge in [0.2, 0.25) is 0 Å². The molecule has 0 amide bonds. The van der Waals surface area contributed by atoms with Gasteiger partial charge in [0.1, 0.15) is 0 Å². The molecule has 0 saturated carbocycles. The maximum absolute atomic E-state index is 12.3. The van der Waals surface area contributed by atoms with Crippen molar-refractivity contribution >= 4 is 0 Å². The number of nitrogens with one attached hydrogen (secondary N) is 1. The normalized spacial score (nSPS) is 31.8. The highest BCUT2D eigenvalue weighted by Crippen LogP contribution is 2.34. The molecule has 2 atom stereocenters. The van der Waals surface area contributed by atoms with Crippen molar-refractivity contribution in [2.75, 3.05) is 13.1 Å². The average Bonchev–Trinajstić information content (AvgIpc) is 2.69. The van der Waals surface area contributed by atoms with Gasteiger partial charge in [0, 0.05) is 0 Å². The quantitative estimate of drug-likeness (QED) is 0.712. The first kappa shape index (κ1) is 10.7. The Kier molecular flexibility index (Phi) is 2.87. The number of alkyl halides is 3. The van der Waals surface area contributed by atoms with Crippen LogP contribution in [-0.2, 0) is 0 Å². The number of halogens is 3. The zero-order valence-corrected chi connectivity index (χ0v) is 8.35. The number of hydrogen-bond donors (Lipinski definition) is 1. The van der Waals surface area contributed by atoms with Gasteiger partial charge in [-0.1, -0.05) is 18.2 Å². The van der Waals surface area contributed by atoms with Gasteiger partial charge in [0.05, 0.1) is 5.57 Å². The lowest BCUT2D eigenvalue weighted by atomic mass is 9.85. The zero-order chi connectivity index (χ0) is 10.9. The molecule has 0 aromatic carbocycles. The Labute approximate surface area is 87.0 Å². The number of allylic oxidation sites excluding steroid dienone is 4. The molecule has 0 spiro atoms.